The molecular weight excluding hydrogens is 1710 g/mol. The van der Waals surface area contributed by atoms with Gasteiger partial charge in [-0.15, -0.1) is 0 Å². The number of aliphatic hydroxyl groups excluding tert-OH is 2. The van der Waals surface area contributed by atoms with Gasteiger partial charge in [-0.3, -0.25) is 53.8 Å². The van der Waals surface area contributed by atoms with Crippen LogP contribution in [0.3, 0.4) is 0 Å². The molecule has 2 saturated carbocycles. The summed E-state index contributed by atoms with van der Waals surface area (Å²) in [4.78, 5) is 121. The SMILES string of the molecule is CC1(C)OCC(Cn2ccc3c(C(=O)CCC4CCCCCC4)cccc3c2=O)O1.CC1(C)OCC(Cn2ccc3c(N)cccc3c2=O)O1.CC1(C)OCC(Cn2ccc3c([N+](=O)[O-])cccc3c2=O)O1.Cc1cccc2c(=O)n(CC3COC(C)(C)O3)ccc12.O=C(CCC1CCCCCC1)c1cccc2c(=O)n(CC(O)CO)ccc12.O=c1occc2c([N+](=O)[O-])cccc12. The lowest BCUT2D eigenvalue weighted by Gasteiger charge is -2.18. The van der Waals surface area contributed by atoms with Crippen molar-refractivity contribution in [2.45, 2.75) is 251 Å². The molecule has 4 saturated heterocycles. The fraction of sp³-hybridized carbons (Fsp3) is 0.451. The first-order valence-electron chi connectivity index (χ1n) is 45.8. The molecule has 0 radical (unpaired) electrons. The minimum absolute atomic E-state index is 0.0273. The monoisotopic (exact) mass is 1820 g/mol. The van der Waals surface area contributed by atoms with Gasteiger partial charge in [0.25, 0.3) is 39.2 Å². The largest absolute Gasteiger partial charge is 0.431 e. The van der Waals surface area contributed by atoms with E-state index in [-0.39, 0.29) is 87.1 Å². The molecule has 0 bridgehead atoms. The number of anilines is 1. The van der Waals surface area contributed by atoms with E-state index < -0.39 is 51.3 Å². The van der Waals surface area contributed by atoms with Crippen LogP contribution >= 0.6 is 0 Å². The molecule has 6 fully saturated rings. The zero-order valence-corrected chi connectivity index (χ0v) is 76.9. The van der Waals surface area contributed by atoms with Crippen molar-refractivity contribution in [1.29, 1.82) is 0 Å². The second kappa shape index (κ2) is 43.9. The maximum atomic E-state index is 13.1. The number of aromatic nitrogens is 5. The third kappa shape index (κ3) is 25.4. The summed E-state index contributed by atoms with van der Waals surface area (Å²) in [6.45, 7) is 20.2. The van der Waals surface area contributed by atoms with Crippen LogP contribution in [0.2, 0.25) is 0 Å². The molecule has 706 valence electrons. The highest BCUT2D eigenvalue weighted by molar-refractivity contribution is 6.09. The third-order valence-corrected chi connectivity index (χ3v) is 25.0. The second-order valence-electron chi connectivity index (χ2n) is 36.7. The van der Waals surface area contributed by atoms with Gasteiger partial charge >= 0.3 is 5.63 Å². The lowest BCUT2D eigenvalue weighted by Crippen LogP contribution is -2.29. The molecule has 4 aliphatic heterocycles. The summed E-state index contributed by atoms with van der Waals surface area (Å²) in [5.74, 6) is -0.831. The minimum Gasteiger partial charge on any atom is -0.431 e. The molecule has 133 heavy (non-hydrogen) atoms. The average Bonchev–Trinajstić information content (AvgIpc) is 1.39. The van der Waals surface area contributed by atoms with Crippen LogP contribution in [-0.2, 0) is 70.6 Å². The van der Waals surface area contributed by atoms with E-state index in [2.05, 4.69) is 4.42 Å². The molecule has 10 heterocycles. The van der Waals surface area contributed by atoms with Crippen LogP contribution in [0.5, 0.6) is 0 Å². The number of aliphatic hydroxyl groups is 2. The van der Waals surface area contributed by atoms with Gasteiger partial charge in [-0.1, -0.05) is 132 Å². The minimum atomic E-state index is -0.982. The van der Waals surface area contributed by atoms with E-state index in [0.717, 1.165) is 46.2 Å². The molecule has 5 atom stereocenters. The number of nitro benzene ring substituents is 2. The first-order chi connectivity index (χ1) is 63.5. The van der Waals surface area contributed by atoms with Crippen molar-refractivity contribution < 1.29 is 72.0 Å². The average molecular weight is 1830 g/mol. The molecule has 12 aromatic rings. The summed E-state index contributed by atoms with van der Waals surface area (Å²) in [5, 5.41) is 47.1. The van der Waals surface area contributed by atoms with Gasteiger partial charge in [0.15, 0.2) is 34.7 Å². The number of Topliss-reactive ketones (excluding diaryl/α,β-unsaturated/α-hetero) is 2. The Hall–Kier alpha value is -11.9. The van der Waals surface area contributed by atoms with Crippen molar-refractivity contribution in [1.82, 2.24) is 22.8 Å². The van der Waals surface area contributed by atoms with E-state index in [4.69, 9.17) is 48.7 Å². The van der Waals surface area contributed by atoms with E-state index >= 15 is 0 Å². The number of carbonyl (C=O) groups is 2. The van der Waals surface area contributed by atoms with Crippen molar-refractivity contribution in [3.05, 3.63) is 282 Å². The highest BCUT2D eigenvalue weighted by Crippen LogP contribution is 2.34. The fourth-order valence-electron chi connectivity index (χ4n) is 18.2. The molecule has 18 rings (SSSR count). The number of nitro groups is 2. The van der Waals surface area contributed by atoms with Gasteiger partial charge in [-0.05, 0) is 188 Å². The number of hydrogen-bond acceptors (Lipinski definition) is 24. The molecule has 5 unspecified atom stereocenters. The number of non-ortho nitro benzene ring substituents is 2. The standard InChI is InChI=1S/C25H33NO4.C22H29NO4.C16H19NO3.C15H16N2O5.C15H18N2O3.C9H5NO4/c1-25(2)29-17-19(30-25)16-26-15-14-20-21(10-7-11-22(20)24(26)28)23(27)13-12-18-8-5-3-4-6-9-18;24-15-17(25)14-23-13-12-18-19(8-5-9-20(18)22(23)27)21(26)11-10-16-6-3-1-2-4-7-16;1-11-5-4-6-14-13(11)7-8-17(15(14)18)9-12-10-19-16(2,3)20-12;1-15(2)21-9-10(22-15)8-16-7-6-11-12(14(16)18)4-3-5-13(11)17(19)20;1-15(2)19-9-10(20-15)8-17-7-6-11-12(14(17)18)4-3-5-13(11)16;11-9-7-2-1-3-8(10(12)13)6(7)4-5-14-9/h7,10-11,14-15,18-19H,3-6,8-9,12-13,16-17H2,1-2H3;5,8-9,12-13,16-17,24-25H,1-4,6-7,10-11,14-15H2;4-8,12H,9-10H2,1-3H3;3-7,10H,8-9H2,1-2H3;3-7,10H,8-9,16H2,1-2H3;1-5H. The Kier molecular flexibility index (Phi) is 32.5. The highest BCUT2D eigenvalue weighted by Gasteiger charge is 2.37. The van der Waals surface area contributed by atoms with Gasteiger partial charge in [0.1, 0.15) is 24.4 Å². The molecule has 31 nitrogen and oxygen atoms in total. The lowest BCUT2D eigenvalue weighted by atomic mass is 9.91. The summed E-state index contributed by atoms with van der Waals surface area (Å²) < 4.78 is 57.7. The highest BCUT2D eigenvalue weighted by atomic mass is 16.8. The van der Waals surface area contributed by atoms with Gasteiger partial charge in [-0.25, -0.2) is 4.79 Å². The molecule has 6 aromatic heterocycles. The van der Waals surface area contributed by atoms with Crippen LogP contribution in [0.25, 0.3) is 64.6 Å². The Morgan fingerprint density at radius 2 is 0.722 bits per heavy atom. The summed E-state index contributed by atoms with van der Waals surface area (Å²) in [6, 6.07) is 41.3. The zero-order valence-electron chi connectivity index (χ0n) is 76.9. The Labute approximate surface area is 768 Å². The van der Waals surface area contributed by atoms with Crippen LogP contribution in [0.4, 0.5) is 17.1 Å². The molecule has 2 aliphatic carbocycles. The van der Waals surface area contributed by atoms with Gasteiger partial charge in [-0.2, -0.15) is 0 Å². The number of rotatable bonds is 21. The number of aryl methyl sites for hydroxylation is 1. The molecule has 6 aliphatic rings. The Morgan fingerprint density at radius 3 is 1.11 bits per heavy atom. The lowest BCUT2D eigenvalue weighted by molar-refractivity contribution is -0.383. The van der Waals surface area contributed by atoms with E-state index in [1.807, 2.05) is 123 Å². The van der Waals surface area contributed by atoms with Gasteiger partial charge < -0.3 is 81.1 Å². The van der Waals surface area contributed by atoms with Crippen LogP contribution < -0.4 is 39.2 Å². The summed E-state index contributed by atoms with van der Waals surface area (Å²) >= 11 is 0. The number of nitrogens with two attached hydrogens (primary N) is 1. The number of nitrogen functional groups attached to an aromatic ring is 1. The molecule has 0 spiro atoms. The third-order valence-electron chi connectivity index (χ3n) is 25.0. The van der Waals surface area contributed by atoms with Crippen molar-refractivity contribution >= 4 is 93.3 Å². The normalized spacial score (nSPS) is 19.4. The number of nitrogens with zero attached hydrogens (tertiary/aromatic N) is 7. The predicted molar refractivity (Wildman–Crippen MR) is 508 cm³/mol. The fourth-order valence-corrected chi connectivity index (χ4v) is 18.2. The van der Waals surface area contributed by atoms with Gasteiger partial charge in [0.05, 0.1) is 110 Å². The Morgan fingerprint density at radius 1 is 0.406 bits per heavy atom. The van der Waals surface area contributed by atoms with Gasteiger partial charge in [0.2, 0.25) is 0 Å². The van der Waals surface area contributed by atoms with Crippen molar-refractivity contribution in [3.8, 4) is 0 Å². The molecule has 6 aromatic carbocycles. The number of fused-ring (bicyclic) bond motifs is 6. The second-order valence-corrected chi connectivity index (χ2v) is 36.7. The number of ether oxygens (including phenoxy) is 8. The smallest absolute Gasteiger partial charge is 0.343 e. The summed E-state index contributed by atoms with van der Waals surface area (Å²) in [5.41, 5.74) is 7.55. The summed E-state index contributed by atoms with van der Waals surface area (Å²) in [6.07, 6.45) is 26.5. The molecule has 0 amide bonds. The number of ketones is 2. The van der Waals surface area contributed by atoms with Crippen molar-refractivity contribution in [3.63, 3.8) is 0 Å². The number of carbonyl (C=O) groups excluding carboxylic acids is 2. The van der Waals surface area contributed by atoms with Crippen LogP contribution in [0.15, 0.2) is 216 Å². The first kappa shape index (κ1) is 98.6. The predicted octanol–water partition coefficient (Wildman–Crippen LogP) is 16.3. The van der Waals surface area contributed by atoms with E-state index in [1.54, 1.807) is 93.1 Å². The zero-order chi connectivity index (χ0) is 95.1. The molecular formula is C102H120N8O23. The van der Waals surface area contributed by atoms with Crippen LogP contribution in [0, 0.1) is 39.0 Å². The van der Waals surface area contributed by atoms with Crippen LogP contribution in [-0.4, -0.2) is 141 Å². The van der Waals surface area contributed by atoms with Crippen molar-refractivity contribution in [2.75, 3.05) is 38.8 Å². The number of benzene rings is 6. The van der Waals surface area contributed by atoms with Gasteiger partial charge in [0, 0.05) is 99.7 Å². The number of hydrogen-bond donors (Lipinski definition) is 3. The Bertz CT molecular complexity index is 6440. The van der Waals surface area contributed by atoms with Crippen molar-refractivity contribution in [2.24, 2.45) is 11.8 Å². The summed E-state index contributed by atoms with van der Waals surface area (Å²) in [7, 11) is 0. The van der Waals surface area contributed by atoms with E-state index in [1.165, 1.54) is 123 Å². The quantitative estimate of drug-likeness (QED) is 0.0198. The topological polar surface area (TPSA) is 401 Å². The maximum Gasteiger partial charge on any atom is 0.343 e. The Balaban J connectivity index is 0.000000137. The molecule has 31 heteroatoms. The molecule has 4 N–H and O–H groups in total. The number of pyridine rings is 5. The maximum absolute atomic E-state index is 13.1. The van der Waals surface area contributed by atoms with E-state index in [9.17, 15) is 63.7 Å². The van der Waals surface area contributed by atoms with E-state index in [0.29, 0.717) is 132 Å². The van der Waals surface area contributed by atoms with Crippen LogP contribution in [0.1, 0.15) is 184 Å². The first-order valence-corrected chi connectivity index (χ1v) is 45.8.